The van der Waals surface area contributed by atoms with E-state index in [1.54, 1.807) is 0 Å². The lowest BCUT2D eigenvalue weighted by Gasteiger charge is -2.06. The molecule has 0 spiro atoms. The molecule has 1 atom stereocenters. The van der Waals surface area contributed by atoms with Gasteiger partial charge < -0.3 is 10.8 Å². The molecular formula is C8H11ClN2O3. The molecule has 0 aliphatic carbocycles. The van der Waals surface area contributed by atoms with Crippen molar-refractivity contribution in [1.82, 2.24) is 0 Å². The summed E-state index contributed by atoms with van der Waals surface area (Å²) in [5.74, 6) is 0. The minimum atomic E-state index is -0.749. The molecule has 0 amide bonds. The number of aliphatic hydroxyl groups excluding tert-OH is 1. The van der Waals surface area contributed by atoms with Crippen LogP contribution < -0.4 is 5.73 Å². The SMILES string of the molecule is Cl.NC[C@H](O)c1ccc([N+](=O)[O-])cc1. The number of hydrogen-bond donors (Lipinski definition) is 2. The molecule has 0 aliphatic rings. The first-order valence-electron chi connectivity index (χ1n) is 3.77. The Bertz CT molecular complexity index is 302. The lowest BCUT2D eigenvalue weighted by molar-refractivity contribution is -0.384. The highest BCUT2D eigenvalue weighted by molar-refractivity contribution is 5.85. The summed E-state index contributed by atoms with van der Waals surface area (Å²) >= 11 is 0. The van der Waals surface area contributed by atoms with Gasteiger partial charge in [0.1, 0.15) is 0 Å². The smallest absolute Gasteiger partial charge is 0.269 e. The third-order valence-electron chi connectivity index (χ3n) is 1.71. The molecule has 1 aromatic rings. The van der Waals surface area contributed by atoms with E-state index >= 15 is 0 Å². The molecule has 14 heavy (non-hydrogen) atoms. The van der Waals surface area contributed by atoms with E-state index in [0.717, 1.165) is 0 Å². The van der Waals surface area contributed by atoms with Crippen LogP contribution in [-0.2, 0) is 0 Å². The topological polar surface area (TPSA) is 89.4 Å². The quantitative estimate of drug-likeness (QED) is 0.585. The minimum absolute atomic E-state index is 0. The van der Waals surface area contributed by atoms with Crippen LogP contribution in [0.25, 0.3) is 0 Å². The second kappa shape index (κ2) is 5.54. The van der Waals surface area contributed by atoms with Gasteiger partial charge in [0.05, 0.1) is 11.0 Å². The molecule has 3 N–H and O–H groups in total. The number of nitro benzene ring substituents is 1. The first-order valence-corrected chi connectivity index (χ1v) is 3.77. The van der Waals surface area contributed by atoms with E-state index in [1.807, 2.05) is 0 Å². The molecule has 5 nitrogen and oxygen atoms in total. The molecule has 0 unspecified atom stereocenters. The van der Waals surface area contributed by atoms with E-state index in [2.05, 4.69) is 0 Å². The van der Waals surface area contributed by atoms with Crippen LogP contribution in [0.2, 0.25) is 0 Å². The van der Waals surface area contributed by atoms with Crippen LogP contribution in [0.4, 0.5) is 5.69 Å². The Balaban J connectivity index is 0.00000169. The summed E-state index contributed by atoms with van der Waals surface area (Å²) in [7, 11) is 0. The zero-order chi connectivity index (χ0) is 9.84. The van der Waals surface area contributed by atoms with Gasteiger partial charge in [-0.2, -0.15) is 0 Å². The van der Waals surface area contributed by atoms with Gasteiger partial charge in [-0.25, -0.2) is 0 Å². The van der Waals surface area contributed by atoms with Crippen LogP contribution in [0, 0.1) is 10.1 Å². The molecule has 0 saturated carbocycles. The van der Waals surface area contributed by atoms with Crippen molar-refractivity contribution in [3.8, 4) is 0 Å². The number of rotatable bonds is 3. The average molecular weight is 219 g/mol. The van der Waals surface area contributed by atoms with Crippen molar-refractivity contribution in [2.75, 3.05) is 6.54 Å². The van der Waals surface area contributed by atoms with Gasteiger partial charge in [0, 0.05) is 18.7 Å². The number of benzene rings is 1. The molecule has 1 rings (SSSR count). The number of halogens is 1. The first-order chi connectivity index (χ1) is 6.15. The van der Waals surface area contributed by atoms with Gasteiger partial charge in [-0.05, 0) is 17.7 Å². The van der Waals surface area contributed by atoms with Gasteiger partial charge in [0.15, 0.2) is 0 Å². The Morgan fingerprint density at radius 1 is 1.43 bits per heavy atom. The summed E-state index contributed by atoms with van der Waals surface area (Å²) in [5, 5.41) is 19.5. The summed E-state index contributed by atoms with van der Waals surface area (Å²) < 4.78 is 0. The fourth-order valence-electron chi connectivity index (χ4n) is 0.954. The summed E-state index contributed by atoms with van der Waals surface area (Å²) in [6.45, 7) is 0.109. The molecule has 0 bridgehead atoms. The molecular weight excluding hydrogens is 208 g/mol. The van der Waals surface area contributed by atoms with Gasteiger partial charge in [0.2, 0.25) is 0 Å². The van der Waals surface area contributed by atoms with Gasteiger partial charge in [-0.3, -0.25) is 10.1 Å². The molecule has 0 aromatic heterocycles. The predicted molar refractivity (Wildman–Crippen MR) is 54.4 cm³/mol. The number of nitrogens with zero attached hydrogens (tertiary/aromatic N) is 1. The van der Waals surface area contributed by atoms with Crippen LogP contribution in [0.3, 0.4) is 0 Å². The molecule has 0 fully saturated rings. The Morgan fingerprint density at radius 2 is 1.93 bits per heavy atom. The van der Waals surface area contributed by atoms with Crippen LogP contribution in [0.15, 0.2) is 24.3 Å². The van der Waals surface area contributed by atoms with Gasteiger partial charge >= 0.3 is 0 Å². The highest BCUT2D eigenvalue weighted by Crippen LogP contribution is 2.16. The minimum Gasteiger partial charge on any atom is -0.387 e. The molecule has 0 radical (unpaired) electrons. The normalized spacial score (nSPS) is 11.6. The lowest BCUT2D eigenvalue weighted by Crippen LogP contribution is -2.11. The maximum absolute atomic E-state index is 10.3. The highest BCUT2D eigenvalue weighted by atomic mass is 35.5. The largest absolute Gasteiger partial charge is 0.387 e. The number of nitro groups is 1. The lowest BCUT2D eigenvalue weighted by atomic mass is 10.1. The van der Waals surface area contributed by atoms with E-state index < -0.39 is 11.0 Å². The second-order valence-electron chi connectivity index (χ2n) is 2.60. The number of aliphatic hydroxyl groups is 1. The first kappa shape index (κ1) is 12.8. The van der Waals surface area contributed by atoms with Gasteiger partial charge in [0.25, 0.3) is 5.69 Å². The van der Waals surface area contributed by atoms with Crippen molar-refractivity contribution in [3.63, 3.8) is 0 Å². The Labute approximate surface area is 87.1 Å². The number of hydrogen-bond acceptors (Lipinski definition) is 4. The number of nitrogens with two attached hydrogens (primary N) is 1. The molecule has 1 aromatic carbocycles. The third kappa shape index (κ3) is 2.95. The maximum atomic E-state index is 10.3. The fraction of sp³-hybridized carbons (Fsp3) is 0.250. The number of non-ortho nitro benzene ring substituents is 1. The van der Waals surface area contributed by atoms with Crippen molar-refractivity contribution in [2.45, 2.75) is 6.10 Å². The van der Waals surface area contributed by atoms with E-state index in [4.69, 9.17) is 5.73 Å². The second-order valence-corrected chi connectivity index (χ2v) is 2.60. The van der Waals surface area contributed by atoms with Gasteiger partial charge in [-0.15, -0.1) is 12.4 Å². The van der Waals surface area contributed by atoms with Crippen molar-refractivity contribution in [3.05, 3.63) is 39.9 Å². The summed E-state index contributed by atoms with van der Waals surface area (Å²) in [4.78, 5) is 9.78. The molecule has 0 saturated heterocycles. The zero-order valence-electron chi connectivity index (χ0n) is 7.29. The fourth-order valence-corrected chi connectivity index (χ4v) is 0.954. The van der Waals surface area contributed by atoms with Crippen molar-refractivity contribution in [2.24, 2.45) is 5.73 Å². The van der Waals surface area contributed by atoms with Crippen molar-refractivity contribution < 1.29 is 10.0 Å². The van der Waals surface area contributed by atoms with Crippen molar-refractivity contribution >= 4 is 18.1 Å². The average Bonchev–Trinajstić information content (AvgIpc) is 2.17. The predicted octanol–water partition coefficient (Wildman–Crippen LogP) is 1.01. The van der Waals surface area contributed by atoms with Crippen LogP contribution in [-0.4, -0.2) is 16.6 Å². The Morgan fingerprint density at radius 3 is 2.29 bits per heavy atom. The summed E-state index contributed by atoms with van der Waals surface area (Å²) in [5.41, 5.74) is 5.82. The molecule has 0 aliphatic heterocycles. The van der Waals surface area contributed by atoms with Crippen LogP contribution in [0.1, 0.15) is 11.7 Å². The Kier molecular flexibility index (Phi) is 5.07. The van der Waals surface area contributed by atoms with E-state index in [1.165, 1.54) is 24.3 Å². The summed E-state index contributed by atoms with van der Waals surface area (Å²) in [6.07, 6.45) is -0.749. The standard InChI is InChI=1S/C8H10N2O3.ClH/c9-5-8(11)6-1-3-7(4-2-6)10(12)13;/h1-4,8,11H,5,9H2;1H/t8-;/m0./s1. The highest BCUT2D eigenvalue weighted by Gasteiger charge is 2.08. The monoisotopic (exact) mass is 218 g/mol. The van der Waals surface area contributed by atoms with Crippen molar-refractivity contribution in [1.29, 1.82) is 0 Å². The van der Waals surface area contributed by atoms with Crippen LogP contribution in [0.5, 0.6) is 0 Å². The van der Waals surface area contributed by atoms with E-state index in [0.29, 0.717) is 5.56 Å². The molecule has 78 valence electrons. The summed E-state index contributed by atoms with van der Waals surface area (Å²) in [6, 6.07) is 5.67. The molecule has 6 heteroatoms. The Hall–Kier alpha value is -1.17. The zero-order valence-corrected chi connectivity index (χ0v) is 8.11. The van der Waals surface area contributed by atoms with E-state index in [9.17, 15) is 15.2 Å². The van der Waals surface area contributed by atoms with Crippen LogP contribution >= 0.6 is 12.4 Å². The third-order valence-corrected chi connectivity index (χ3v) is 1.71. The molecule has 0 heterocycles. The maximum Gasteiger partial charge on any atom is 0.269 e. The van der Waals surface area contributed by atoms with Gasteiger partial charge in [-0.1, -0.05) is 0 Å². The van der Waals surface area contributed by atoms with E-state index in [-0.39, 0.29) is 24.6 Å².